The quantitative estimate of drug-likeness (QED) is 0.471. The number of Topliss-reactive ketones (excluding diaryl/α,β-unsaturated/α-hetero) is 1. The Kier molecular flexibility index (Phi) is 4.16. The molecule has 2 heterocycles. The number of hydrogen-bond acceptors (Lipinski definition) is 6. The van der Waals surface area contributed by atoms with Crippen LogP contribution in [-0.4, -0.2) is 37.5 Å². The highest BCUT2D eigenvalue weighted by Gasteiger charge is 2.30. The predicted octanol–water partition coefficient (Wildman–Crippen LogP) is 2.33. The lowest BCUT2D eigenvalue weighted by molar-refractivity contribution is -0.383. The van der Waals surface area contributed by atoms with Gasteiger partial charge in [0.15, 0.2) is 10.8 Å². The Morgan fingerprint density at radius 2 is 2.42 bits per heavy atom. The normalized spacial score (nSPS) is 18.8. The van der Waals surface area contributed by atoms with Crippen LogP contribution in [0.1, 0.15) is 23.0 Å². The van der Waals surface area contributed by atoms with Crippen molar-refractivity contribution in [1.29, 1.82) is 0 Å². The van der Waals surface area contributed by atoms with Crippen LogP contribution < -0.4 is 4.90 Å². The van der Waals surface area contributed by atoms with Gasteiger partial charge < -0.3 is 9.64 Å². The van der Waals surface area contributed by atoms with Crippen LogP contribution >= 0.6 is 11.3 Å². The highest BCUT2D eigenvalue weighted by atomic mass is 32.1. The minimum absolute atomic E-state index is 0.0354. The number of carbonyl (C=O) groups is 1. The number of carbonyl (C=O) groups excluding carboxylic acids is 1. The summed E-state index contributed by atoms with van der Waals surface area (Å²) >= 11 is 1.21. The summed E-state index contributed by atoms with van der Waals surface area (Å²) in [5.41, 5.74) is 0.0354. The first-order valence-electron chi connectivity index (χ1n) is 6.06. The Labute approximate surface area is 115 Å². The molecule has 0 radical (unpaired) electrons. The molecule has 0 bridgehead atoms. The van der Waals surface area contributed by atoms with Crippen molar-refractivity contribution in [3.8, 4) is 0 Å². The molecule has 104 valence electrons. The maximum absolute atomic E-state index is 11.4. The predicted molar refractivity (Wildman–Crippen MR) is 73.2 cm³/mol. The van der Waals surface area contributed by atoms with Crippen molar-refractivity contribution in [3.05, 3.63) is 21.1 Å². The van der Waals surface area contributed by atoms with Crippen molar-refractivity contribution in [3.63, 3.8) is 0 Å². The smallest absolute Gasteiger partial charge is 0.304 e. The average molecular weight is 284 g/mol. The molecule has 1 aliphatic rings. The van der Waals surface area contributed by atoms with Gasteiger partial charge in [-0.3, -0.25) is 14.9 Å². The maximum Gasteiger partial charge on any atom is 0.304 e. The molecule has 1 atom stereocenters. The summed E-state index contributed by atoms with van der Waals surface area (Å²) in [7, 11) is 1.66. The number of nitro groups is 1. The lowest BCUT2D eigenvalue weighted by atomic mass is 10.1. The van der Waals surface area contributed by atoms with Crippen molar-refractivity contribution in [2.45, 2.75) is 13.3 Å². The second-order valence-corrected chi connectivity index (χ2v) is 5.70. The van der Waals surface area contributed by atoms with E-state index in [-0.39, 0.29) is 11.5 Å². The van der Waals surface area contributed by atoms with Gasteiger partial charge in [-0.05, 0) is 13.3 Å². The van der Waals surface area contributed by atoms with E-state index in [0.717, 1.165) is 19.5 Å². The van der Waals surface area contributed by atoms with E-state index in [1.165, 1.54) is 24.3 Å². The minimum atomic E-state index is -0.415. The number of ketones is 1. The van der Waals surface area contributed by atoms with Gasteiger partial charge in [-0.2, -0.15) is 0 Å². The topological polar surface area (TPSA) is 72.7 Å². The average Bonchev–Trinajstić information content (AvgIpc) is 2.94. The molecule has 1 aromatic rings. The Hall–Kier alpha value is -1.47. The first kappa shape index (κ1) is 14.0. The van der Waals surface area contributed by atoms with Crippen molar-refractivity contribution in [2.24, 2.45) is 5.92 Å². The van der Waals surface area contributed by atoms with E-state index >= 15 is 0 Å². The van der Waals surface area contributed by atoms with Crippen LogP contribution in [0.2, 0.25) is 0 Å². The number of anilines is 1. The van der Waals surface area contributed by atoms with Gasteiger partial charge in [0.2, 0.25) is 0 Å². The van der Waals surface area contributed by atoms with E-state index < -0.39 is 4.92 Å². The fraction of sp³-hybridized carbons (Fsp3) is 0.583. The number of methoxy groups -OCH3 is 1. The van der Waals surface area contributed by atoms with E-state index in [9.17, 15) is 14.9 Å². The van der Waals surface area contributed by atoms with Crippen molar-refractivity contribution in [2.75, 3.05) is 31.7 Å². The second-order valence-electron chi connectivity index (χ2n) is 4.67. The molecule has 6 nitrogen and oxygen atoms in total. The summed E-state index contributed by atoms with van der Waals surface area (Å²) in [6, 6.07) is 1.38. The molecule has 0 aliphatic carbocycles. The molecule has 1 fully saturated rings. The Balaban J connectivity index is 2.24. The van der Waals surface area contributed by atoms with E-state index in [0.29, 0.717) is 22.4 Å². The van der Waals surface area contributed by atoms with E-state index in [1.54, 1.807) is 7.11 Å². The van der Waals surface area contributed by atoms with Crippen LogP contribution in [0.3, 0.4) is 0 Å². The third-order valence-electron chi connectivity index (χ3n) is 3.21. The van der Waals surface area contributed by atoms with Crippen LogP contribution in [0.15, 0.2) is 6.07 Å². The largest absolute Gasteiger partial charge is 0.384 e. The SMILES string of the molecule is COCC1CCN(c2sc(C(C)=O)cc2[N+](=O)[O-])C1. The lowest BCUT2D eigenvalue weighted by Crippen LogP contribution is -2.20. The molecule has 1 aromatic heterocycles. The van der Waals surface area contributed by atoms with Gasteiger partial charge in [0.25, 0.3) is 0 Å². The fourth-order valence-electron chi connectivity index (χ4n) is 2.29. The zero-order valence-electron chi connectivity index (χ0n) is 10.9. The number of ether oxygens (including phenoxy) is 1. The third-order valence-corrected chi connectivity index (χ3v) is 4.50. The molecule has 0 amide bonds. The van der Waals surface area contributed by atoms with Gasteiger partial charge >= 0.3 is 5.69 Å². The van der Waals surface area contributed by atoms with E-state index in [1.807, 2.05) is 4.90 Å². The Morgan fingerprint density at radius 1 is 1.68 bits per heavy atom. The van der Waals surface area contributed by atoms with E-state index in [2.05, 4.69) is 0 Å². The van der Waals surface area contributed by atoms with Gasteiger partial charge in [0.05, 0.1) is 16.4 Å². The van der Waals surface area contributed by atoms with Crippen LogP contribution in [0.4, 0.5) is 10.7 Å². The monoisotopic (exact) mass is 284 g/mol. The molecular formula is C12H16N2O4S. The van der Waals surface area contributed by atoms with Crippen LogP contribution in [0, 0.1) is 16.0 Å². The van der Waals surface area contributed by atoms with Gasteiger partial charge in [0.1, 0.15) is 0 Å². The molecule has 1 aliphatic heterocycles. The highest BCUT2D eigenvalue weighted by molar-refractivity contribution is 7.18. The molecular weight excluding hydrogens is 268 g/mol. The Bertz CT molecular complexity index is 500. The maximum atomic E-state index is 11.4. The lowest BCUT2D eigenvalue weighted by Gasteiger charge is -2.15. The van der Waals surface area contributed by atoms with Crippen molar-refractivity contribution in [1.82, 2.24) is 0 Å². The second kappa shape index (κ2) is 5.66. The summed E-state index contributed by atoms with van der Waals surface area (Å²) in [6.07, 6.45) is 0.957. The zero-order chi connectivity index (χ0) is 14.0. The van der Waals surface area contributed by atoms with E-state index in [4.69, 9.17) is 4.74 Å². The number of thiophene rings is 1. The molecule has 19 heavy (non-hydrogen) atoms. The summed E-state index contributed by atoms with van der Waals surface area (Å²) in [5, 5.41) is 11.7. The molecule has 0 N–H and O–H groups in total. The first-order chi connectivity index (χ1) is 9.02. The van der Waals surface area contributed by atoms with Crippen LogP contribution in [0.5, 0.6) is 0 Å². The summed E-state index contributed by atoms with van der Waals surface area (Å²) in [4.78, 5) is 24.4. The van der Waals surface area contributed by atoms with Gasteiger partial charge in [-0.1, -0.05) is 0 Å². The highest BCUT2D eigenvalue weighted by Crippen LogP contribution is 2.40. The van der Waals surface area contributed by atoms with Crippen molar-refractivity contribution < 1.29 is 14.5 Å². The van der Waals surface area contributed by atoms with Gasteiger partial charge in [-0.15, -0.1) is 11.3 Å². The molecule has 7 heteroatoms. The number of rotatable bonds is 5. The number of nitrogens with zero attached hydrogens (tertiary/aromatic N) is 2. The summed E-state index contributed by atoms with van der Waals surface area (Å²) in [5.74, 6) is 0.263. The first-order valence-corrected chi connectivity index (χ1v) is 6.87. The van der Waals surface area contributed by atoms with Crippen LogP contribution in [-0.2, 0) is 4.74 Å². The summed E-state index contributed by atoms with van der Waals surface area (Å²) in [6.45, 7) is 3.60. The fourth-order valence-corrected chi connectivity index (χ4v) is 3.35. The Morgan fingerprint density at radius 3 is 3.00 bits per heavy atom. The molecule has 0 spiro atoms. The van der Waals surface area contributed by atoms with Gasteiger partial charge in [-0.25, -0.2) is 0 Å². The molecule has 0 saturated carbocycles. The standard InChI is InChI=1S/C12H16N2O4S/c1-8(15)11-5-10(14(16)17)12(19-11)13-4-3-9(6-13)7-18-2/h5,9H,3-4,6-7H2,1-2H3. The molecule has 2 rings (SSSR count). The molecule has 1 unspecified atom stereocenters. The minimum Gasteiger partial charge on any atom is -0.384 e. The third kappa shape index (κ3) is 2.93. The molecule has 1 saturated heterocycles. The number of hydrogen-bond donors (Lipinski definition) is 0. The van der Waals surface area contributed by atoms with Crippen molar-refractivity contribution >= 4 is 27.8 Å². The van der Waals surface area contributed by atoms with Gasteiger partial charge in [0, 0.05) is 32.2 Å². The van der Waals surface area contributed by atoms with Crippen LogP contribution in [0.25, 0.3) is 0 Å². The molecule has 0 aromatic carbocycles. The zero-order valence-corrected chi connectivity index (χ0v) is 11.7. The summed E-state index contributed by atoms with van der Waals surface area (Å²) < 4.78 is 5.12.